The molecule has 0 radical (unpaired) electrons. The van der Waals surface area contributed by atoms with Gasteiger partial charge in [0.1, 0.15) is 5.78 Å². The van der Waals surface area contributed by atoms with E-state index < -0.39 is 0 Å². The summed E-state index contributed by atoms with van der Waals surface area (Å²) in [6.07, 6.45) is 7.65. The lowest BCUT2D eigenvalue weighted by Crippen LogP contribution is -2.50. The highest BCUT2D eigenvalue weighted by Gasteiger charge is 2.53. The van der Waals surface area contributed by atoms with Gasteiger partial charge in [-0.1, -0.05) is 26.0 Å². The molecule has 0 aromatic rings. The molecule has 2 bridgehead atoms. The third-order valence-corrected chi connectivity index (χ3v) is 4.26. The normalized spacial score (nSPS) is 48.5. The van der Waals surface area contributed by atoms with E-state index in [1.807, 2.05) is 0 Å². The fourth-order valence-electron chi connectivity index (χ4n) is 2.93. The zero-order chi connectivity index (χ0) is 9.69. The molecule has 0 heterocycles. The van der Waals surface area contributed by atoms with E-state index >= 15 is 0 Å². The first-order valence-electron chi connectivity index (χ1n) is 5.27. The minimum absolute atomic E-state index is 0.0677. The molecule has 3 rings (SSSR count). The van der Waals surface area contributed by atoms with Crippen LogP contribution in [-0.4, -0.2) is 5.78 Å². The predicted octanol–water partition coefficient (Wildman–Crippen LogP) is 2.96. The Kier molecular flexibility index (Phi) is 1.70. The van der Waals surface area contributed by atoms with Crippen LogP contribution in [0.3, 0.4) is 0 Å². The van der Waals surface area contributed by atoms with Gasteiger partial charge in [0.25, 0.3) is 0 Å². The fraction of sp³-hybridized carbons (Fsp3) is 0.750. The van der Waals surface area contributed by atoms with Crippen molar-refractivity contribution >= 4 is 5.78 Å². The summed E-state index contributed by atoms with van der Waals surface area (Å²) in [5.41, 5.74) is -0.207. The molecular formula is C12H18O. The molecule has 0 aliphatic heterocycles. The summed E-state index contributed by atoms with van der Waals surface area (Å²) in [4.78, 5) is 12.2. The van der Waals surface area contributed by atoms with Gasteiger partial charge in [-0.3, -0.25) is 4.79 Å². The minimum atomic E-state index is -0.139. The van der Waals surface area contributed by atoms with Gasteiger partial charge in [-0.2, -0.15) is 0 Å². The monoisotopic (exact) mass is 178 g/mol. The second kappa shape index (κ2) is 2.46. The van der Waals surface area contributed by atoms with E-state index in [0.29, 0.717) is 11.7 Å². The van der Waals surface area contributed by atoms with Crippen molar-refractivity contribution in [1.82, 2.24) is 0 Å². The summed E-state index contributed by atoms with van der Waals surface area (Å²) in [5, 5.41) is 0. The maximum Gasteiger partial charge on any atom is 0.148 e. The minimum Gasteiger partial charge on any atom is -0.298 e. The van der Waals surface area contributed by atoms with Crippen LogP contribution in [0, 0.1) is 16.7 Å². The molecule has 0 saturated heterocycles. The van der Waals surface area contributed by atoms with Crippen molar-refractivity contribution in [3.63, 3.8) is 0 Å². The molecule has 3 aliphatic rings. The SMILES string of the molecule is CCC1(C)C(=O)C2(C)C=CC1CC2. The summed E-state index contributed by atoms with van der Waals surface area (Å²) in [6, 6.07) is 0. The quantitative estimate of drug-likeness (QED) is 0.564. The second-order valence-corrected chi connectivity index (χ2v) is 5.02. The van der Waals surface area contributed by atoms with Crippen LogP contribution < -0.4 is 0 Å². The van der Waals surface area contributed by atoms with Gasteiger partial charge in [-0.15, -0.1) is 0 Å². The van der Waals surface area contributed by atoms with Gasteiger partial charge < -0.3 is 0 Å². The average molecular weight is 178 g/mol. The van der Waals surface area contributed by atoms with Crippen LogP contribution in [0.2, 0.25) is 0 Å². The summed E-state index contributed by atoms with van der Waals surface area (Å²) >= 11 is 0. The zero-order valence-electron chi connectivity index (χ0n) is 8.76. The number of hydrogen-bond acceptors (Lipinski definition) is 1. The Morgan fingerprint density at radius 1 is 1.54 bits per heavy atom. The number of hydrogen-bond donors (Lipinski definition) is 0. The van der Waals surface area contributed by atoms with E-state index in [-0.39, 0.29) is 10.8 Å². The maximum absolute atomic E-state index is 12.2. The summed E-state index contributed by atoms with van der Waals surface area (Å²) < 4.78 is 0. The lowest BCUT2D eigenvalue weighted by Gasteiger charge is -2.49. The molecule has 1 saturated carbocycles. The van der Waals surface area contributed by atoms with Crippen molar-refractivity contribution < 1.29 is 4.79 Å². The van der Waals surface area contributed by atoms with Gasteiger partial charge >= 0.3 is 0 Å². The predicted molar refractivity (Wildman–Crippen MR) is 53.4 cm³/mol. The third-order valence-electron chi connectivity index (χ3n) is 4.26. The van der Waals surface area contributed by atoms with Gasteiger partial charge in [-0.05, 0) is 32.1 Å². The van der Waals surface area contributed by atoms with Crippen LogP contribution >= 0.6 is 0 Å². The number of ketones is 1. The van der Waals surface area contributed by atoms with Crippen LogP contribution in [0.15, 0.2) is 12.2 Å². The van der Waals surface area contributed by atoms with Crippen LogP contribution in [0.4, 0.5) is 0 Å². The second-order valence-electron chi connectivity index (χ2n) is 5.02. The summed E-state index contributed by atoms with van der Waals surface area (Å²) in [7, 11) is 0. The van der Waals surface area contributed by atoms with E-state index in [0.717, 1.165) is 12.8 Å². The number of carbonyl (C=O) groups is 1. The van der Waals surface area contributed by atoms with Crippen molar-refractivity contribution in [3.05, 3.63) is 12.2 Å². The third kappa shape index (κ3) is 0.962. The Labute approximate surface area is 80.2 Å². The molecule has 0 amide bonds. The van der Waals surface area contributed by atoms with Crippen molar-refractivity contribution in [2.45, 2.75) is 40.0 Å². The summed E-state index contributed by atoms with van der Waals surface area (Å²) in [5.74, 6) is 0.980. The highest BCUT2D eigenvalue weighted by atomic mass is 16.1. The first-order chi connectivity index (χ1) is 6.03. The van der Waals surface area contributed by atoms with Gasteiger partial charge in [-0.25, -0.2) is 0 Å². The first kappa shape index (κ1) is 8.98. The smallest absolute Gasteiger partial charge is 0.148 e. The lowest BCUT2D eigenvalue weighted by atomic mass is 9.53. The average Bonchev–Trinajstić information content (AvgIpc) is 2.15. The number of Topliss-reactive ketones (excluding diaryl/α,β-unsaturated/α-hetero) is 1. The van der Waals surface area contributed by atoms with E-state index in [1.165, 1.54) is 6.42 Å². The molecule has 3 aliphatic carbocycles. The first-order valence-corrected chi connectivity index (χ1v) is 5.27. The number of allylic oxidation sites excluding steroid dienone is 2. The molecule has 0 aromatic heterocycles. The van der Waals surface area contributed by atoms with Crippen LogP contribution in [0.5, 0.6) is 0 Å². The standard InChI is InChI=1S/C12H18O/c1-4-12(3)9-5-7-11(2,8-6-9)10(12)13/h5,7,9H,4,6,8H2,1-3H3. The van der Waals surface area contributed by atoms with Crippen molar-refractivity contribution in [2.75, 3.05) is 0 Å². The van der Waals surface area contributed by atoms with E-state index in [4.69, 9.17) is 0 Å². The zero-order valence-corrected chi connectivity index (χ0v) is 8.76. The molecule has 13 heavy (non-hydrogen) atoms. The molecule has 3 unspecified atom stereocenters. The van der Waals surface area contributed by atoms with E-state index in [9.17, 15) is 4.79 Å². The Morgan fingerprint density at radius 2 is 2.23 bits per heavy atom. The van der Waals surface area contributed by atoms with Gasteiger partial charge in [0.2, 0.25) is 0 Å². The molecule has 72 valence electrons. The van der Waals surface area contributed by atoms with Crippen LogP contribution in [0.25, 0.3) is 0 Å². The van der Waals surface area contributed by atoms with Gasteiger partial charge in [0.15, 0.2) is 0 Å². The topological polar surface area (TPSA) is 17.1 Å². The Bertz CT molecular complexity index is 279. The lowest BCUT2D eigenvalue weighted by molar-refractivity contribution is -0.143. The molecule has 1 fully saturated rings. The number of carbonyl (C=O) groups excluding carboxylic acids is 1. The Balaban J connectivity index is 2.47. The van der Waals surface area contributed by atoms with Crippen molar-refractivity contribution in [2.24, 2.45) is 16.7 Å². The largest absolute Gasteiger partial charge is 0.298 e. The van der Waals surface area contributed by atoms with Gasteiger partial charge in [0.05, 0.1) is 0 Å². The summed E-state index contributed by atoms with van der Waals surface area (Å²) in [6.45, 7) is 6.37. The fourth-order valence-corrected chi connectivity index (χ4v) is 2.93. The molecule has 0 aromatic carbocycles. The molecular weight excluding hydrogens is 160 g/mol. The van der Waals surface area contributed by atoms with E-state index in [2.05, 4.69) is 32.9 Å². The van der Waals surface area contributed by atoms with Crippen LogP contribution in [0.1, 0.15) is 40.0 Å². The number of fused-ring (bicyclic) bond motifs is 2. The van der Waals surface area contributed by atoms with Crippen LogP contribution in [-0.2, 0) is 4.79 Å². The number of rotatable bonds is 1. The highest BCUT2D eigenvalue weighted by molar-refractivity contribution is 5.93. The molecule has 1 heteroatoms. The molecule has 3 atom stereocenters. The van der Waals surface area contributed by atoms with Gasteiger partial charge in [0, 0.05) is 10.8 Å². The van der Waals surface area contributed by atoms with E-state index in [1.54, 1.807) is 0 Å². The van der Waals surface area contributed by atoms with Crippen molar-refractivity contribution in [1.29, 1.82) is 0 Å². The molecule has 0 spiro atoms. The maximum atomic E-state index is 12.2. The molecule has 0 N–H and O–H groups in total. The Morgan fingerprint density at radius 3 is 2.62 bits per heavy atom. The molecule has 1 nitrogen and oxygen atoms in total. The Hall–Kier alpha value is -0.590. The van der Waals surface area contributed by atoms with Crippen molar-refractivity contribution in [3.8, 4) is 0 Å². The highest BCUT2D eigenvalue weighted by Crippen LogP contribution is 2.53.